The van der Waals surface area contributed by atoms with Gasteiger partial charge in [-0.15, -0.1) is 0 Å². The fourth-order valence-electron chi connectivity index (χ4n) is 4.76. The number of carbonyl (C=O) groups excluding carboxylic acids is 2. The molecule has 1 aromatic carbocycles. The quantitative estimate of drug-likeness (QED) is 0.748. The summed E-state index contributed by atoms with van der Waals surface area (Å²) in [5.41, 5.74) is 1.12. The first-order valence-electron chi connectivity index (χ1n) is 9.70. The van der Waals surface area contributed by atoms with Crippen molar-refractivity contribution in [2.75, 3.05) is 7.11 Å². The van der Waals surface area contributed by atoms with Crippen LogP contribution in [0.2, 0.25) is 5.02 Å². The Morgan fingerprint density at radius 1 is 1.25 bits per heavy atom. The summed E-state index contributed by atoms with van der Waals surface area (Å²) in [5.74, 6) is 1.33. The molecule has 2 aromatic rings. The maximum Gasteiger partial charge on any atom is 0.341 e. The molecule has 0 radical (unpaired) electrons. The number of amides is 1. The zero-order valence-electron chi connectivity index (χ0n) is 16.0. The molecule has 1 aromatic heterocycles. The van der Waals surface area contributed by atoms with Gasteiger partial charge in [0, 0.05) is 22.8 Å². The zero-order chi connectivity index (χ0) is 19.8. The predicted molar refractivity (Wildman–Crippen MR) is 105 cm³/mol. The number of methoxy groups -OCH3 is 1. The second kappa shape index (κ2) is 7.59. The average Bonchev–Trinajstić information content (AvgIpc) is 3.09. The number of hydrogen-bond acceptors (Lipinski definition) is 4. The molecule has 6 nitrogen and oxygen atoms in total. The van der Waals surface area contributed by atoms with E-state index in [0.717, 1.165) is 19.3 Å². The van der Waals surface area contributed by atoms with E-state index in [4.69, 9.17) is 16.3 Å². The van der Waals surface area contributed by atoms with E-state index in [0.29, 0.717) is 39.9 Å². The molecule has 0 saturated heterocycles. The van der Waals surface area contributed by atoms with E-state index in [9.17, 15) is 9.59 Å². The van der Waals surface area contributed by atoms with E-state index >= 15 is 0 Å². The molecule has 2 aliphatic rings. The van der Waals surface area contributed by atoms with E-state index in [-0.39, 0.29) is 17.9 Å². The number of nitrogens with zero attached hydrogens (tertiary/aromatic N) is 2. The van der Waals surface area contributed by atoms with E-state index in [1.54, 1.807) is 36.7 Å². The van der Waals surface area contributed by atoms with Gasteiger partial charge >= 0.3 is 5.97 Å². The van der Waals surface area contributed by atoms with Gasteiger partial charge in [-0.05, 0) is 61.3 Å². The Bertz CT molecular complexity index is 867. The number of esters is 1. The van der Waals surface area contributed by atoms with Crippen LogP contribution in [0.5, 0.6) is 0 Å². The molecule has 1 amide bonds. The Balaban J connectivity index is 1.35. The Hall–Kier alpha value is -2.34. The molecule has 0 aliphatic heterocycles. The standard InChI is InChI=1S/C21H24ClN3O3/c1-3-18(24-20(26)12-4-6-14(22)7-5-12)19-16-8-15(9-17(16)19)25-11-13(10-23-25)21(27)28-2/h4-7,10-11,15-19H,3,8-9H2,1-2H3,(H,24,26)/t15?,16-,17+,18-,19?/m1/s1. The first-order valence-corrected chi connectivity index (χ1v) is 10.1. The molecule has 4 rings (SSSR count). The molecule has 0 spiro atoms. The first-order chi connectivity index (χ1) is 13.5. The summed E-state index contributed by atoms with van der Waals surface area (Å²) < 4.78 is 6.64. The monoisotopic (exact) mass is 401 g/mol. The second-order valence-corrected chi connectivity index (χ2v) is 8.16. The lowest BCUT2D eigenvalue weighted by atomic mass is 9.99. The van der Waals surface area contributed by atoms with Crippen LogP contribution in [0.3, 0.4) is 0 Å². The van der Waals surface area contributed by atoms with Crippen LogP contribution in [0.4, 0.5) is 0 Å². The number of rotatable bonds is 6. The Kier molecular flexibility index (Phi) is 5.15. The summed E-state index contributed by atoms with van der Waals surface area (Å²) in [6.45, 7) is 2.12. The number of aromatic nitrogens is 2. The van der Waals surface area contributed by atoms with E-state index in [2.05, 4.69) is 17.3 Å². The minimum absolute atomic E-state index is 0.0418. The fourth-order valence-corrected chi connectivity index (χ4v) is 4.89. The van der Waals surface area contributed by atoms with Crippen LogP contribution < -0.4 is 5.32 Å². The molecular weight excluding hydrogens is 378 g/mol. The Labute approximate surface area is 169 Å². The second-order valence-electron chi connectivity index (χ2n) is 7.73. The highest BCUT2D eigenvalue weighted by molar-refractivity contribution is 6.30. The van der Waals surface area contributed by atoms with Crippen LogP contribution in [-0.2, 0) is 4.74 Å². The van der Waals surface area contributed by atoms with Crippen LogP contribution in [0.1, 0.15) is 52.9 Å². The SMILES string of the molecule is CC[C@@H](NC(=O)c1ccc(Cl)cc1)C1[C@H]2CC(n3cc(C(=O)OC)cn3)C[C@@H]12. The number of ether oxygens (including phenoxy) is 1. The number of halogens is 1. The van der Waals surface area contributed by atoms with Crippen molar-refractivity contribution in [3.8, 4) is 0 Å². The molecule has 2 fully saturated rings. The van der Waals surface area contributed by atoms with Gasteiger partial charge < -0.3 is 10.1 Å². The van der Waals surface area contributed by atoms with Crippen molar-refractivity contribution in [3.63, 3.8) is 0 Å². The van der Waals surface area contributed by atoms with Gasteiger partial charge in [-0.3, -0.25) is 9.48 Å². The third-order valence-electron chi connectivity index (χ3n) is 6.21. The first kappa shape index (κ1) is 19.0. The molecule has 2 aliphatic carbocycles. The highest BCUT2D eigenvalue weighted by Crippen LogP contribution is 2.62. The van der Waals surface area contributed by atoms with Crippen molar-refractivity contribution >= 4 is 23.5 Å². The van der Waals surface area contributed by atoms with Gasteiger partial charge in [-0.2, -0.15) is 5.10 Å². The number of benzene rings is 1. The molecule has 5 atom stereocenters. The molecule has 1 heterocycles. The van der Waals surface area contributed by atoms with Gasteiger partial charge in [-0.25, -0.2) is 4.79 Å². The normalized spacial score (nSPS) is 26.4. The summed E-state index contributed by atoms with van der Waals surface area (Å²) in [7, 11) is 1.37. The fraction of sp³-hybridized carbons (Fsp3) is 0.476. The minimum atomic E-state index is -0.358. The summed E-state index contributed by atoms with van der Waals surface area (Å²) in [6, 6.07) is 7.48. The van der Waals surface area contributed by atoms with Crippen molar-refractivity contribution < 1.29 is 14.3 Å². The highest BCUT2D eigenvalue weighted by Gasteiger charge is 2.59. The van der Waals surface area contributed by atoms with Gasteiger partial charge in [-0.1, -0.05) is 18.5 Å². The van der Waals surface area contributed by atoms with Gasteiger partial charge in [0.15, 0.2) is 0 Å². The van der Waals surface area contributed by atoms with Gasteiger partial charge in [0.2, 0.25) is 0 Å². The molecule has 148 valence electrons. The maximum atomic E-state index is 12.5. The van der Waals surface area contributed by atoms with E-state index in [1.807, 2.05) is 4.68 Å². The Morgan fingerprint density at radius 3 is 2.54 bits per heavy atom. The van der Waals surface area contributed by atoms with Crippen LogP contribution in [-0.4, -0.2) is 34.8 Å². The maximum absolute atomic E-state index is 12.5. The van der Waals surface area contributed by atoms with Gasteiger partial charge in [0.05, 0.1) is 24.9 Å². The summed E-state index contributed by atoms with van der Waals surface area (Å²) in [6.07, 6.45) is 6.32. The predicted octanol–water partition coefficient (Wildman–Crippen LogP) is 3.73. The molecule has 1 N–H and O–H groups in total. The lowest BCUT2D eigenvalue weighted by Gasteiger charge is -2.21. The number of nitrogens with one attached hydrogen (secondary N) is 1. The molecule has 28 heavy (non-hydrogen) atoms. The summed E-state index contributed by atoms with van der Waals surface area (Å²) >= 11 is 5.90. The number of hydrogen-bond donors (Lipinski definition) is 1. The lowest BCUT2D eigenvalue weighted by Crippen LogP contribution is -2.37. The smallest absolute Gasteiger partial charge is 0.341 e. The third kappa shape index (κ3) is 3.53. The van der Waals surface area contributed by atoms with Crippen LogP contribution in [0.15, 0.2) is 36.7 Å². The lowest BCUT2D eigenvalue weighted by molar-refractivity contribution is 0.0600. The molecule has 0 bridgehead atoms. The van der Waals surface area contributed by atoms with Crippen molar-refractivity contribution in [1.29, 1.82) is 0 Å². The zero-order valence-corrected chi connectivity index (χ0v) is 16.7. The largest absolute Gasteiger partial charge is 0.465 e. The molecule has 2 saturated carbocycles. The Morgan fingerprint density at radius 2 is 1.93 bits per heavy atom. The summed E-state index contributed by atoms with van der Waals surface area (Å²) in [5, 5.41) is 8.18. The summed E-state index contributed by atoms with van der Waals surface area (Å²) in [4.78, 5) is 24.2. The molecular formula is C21H24ClN3O3. The van der Waals surface area contributed by atoms with Crippen LogP contribution >= 0.6 is 11.6 Å². The number of carbonyl (C=O) groups is 2. The highest BCUT2D eigenvalue weighted by atomic mass is 35.5. The van der Waals surface area contributed by atoms with Gasteiger partial charge in [0.1, 0.15) is 0 Å². The van der Waals surface area contributed by atoms with E-state index in [1.165, 1.54) is 7.11 Å². The third-order valence-corrected chi connectivity index (χ3v) is 6.46. The van der Waals surface area contributed by atoms with Crippen molar-refractivity contribution in [2.24, 2.45) is 17.8 Å². The number of fused-ring (bicyclic) bond motifs is 1. The van der Waals surface area contributed by atoms with Gasteiger partial charge in [0.25, 0.3) is 5.91 Å². The minimum Gasteiger partial charge on any atom is -0.465 e. The molecule has 2 unspecified atom stereocenters. The van der Waals surface area contributed by atoms with Crippen LogP contribution in [0.25, 0.3) is 0 Å². The van der Waals surface area contributed by atoms with Crippen molar-refractivity contribution in [2.45, 2.75) is 38.3 Å². The van der Waals surface area contributed by atoms with Crippen LogP contribution in [0, 0.1) is 17.8 Å². The topological polar surface area (TPSA) is 73.2 Å². The van der Waals surface area contributed by atoms with Crippen molar-refractivity contribution in [1.82, 2.24) is 15.1 Å². The van der Waals surface area contributed by atoms with Crippen molar-refractivity contribution in [3.05, 3.63) is 52.8 Å². The average molecular weight is 402 g/mol. The molecule has 7 heteroatoms. The van der Waals surface area contributed by atoms with E-state index < -0.39 is 0 Å².